The molecule has 150 valence electrons. The first kappa shape index (κ1) is 19.5. The van der Waals surface area contributed by atoms with E-state index in [1.807, 2.05) is 18.2 Å². The molecule has 0 amide bonds. The average molecular weight is 381 g/mol. The monoisotopic (exact) mass is 380 g/mol. The van der Waals surface area contributed by atoms with Crippen molar-refractivity contribution < 1.29 is 14.6 Å². The van der Waals surface area contributed by atoms with Gasteiger partial charge in [0.2, 0.25) is 0 Å². The standard InChI is InChI=1S/C25H32O3/c1-25(17-26)11-10-22(15-25)20-6-7-21-14-24(9-8-19(21)13-20)28-16-18-4-3-5-23(12-18)27-2/h3-7,12-13,22,24,26H,8-11,14-17H2,1-2H3/t22-,24-,25-/m0/s1. The van der Waals surface area contributed by atoms with E-state index in [1.165, 1.54) is 23.1 Å². The molecule has 1 N–H and O–H groups in total. The Balaban J connectivity index is 1.37. The van der Waals surface area contributed by atoms with Crippen molar-refractivity contribution >= 4 is 0 Å². The summed E-state index contributed by atoms with van der Waals surface area (Å²) in [5.74, 6) is 1.48. The third-order valence-corrected chi connectivity index (χ3v) is 6.72. The van der Waals surface area contributed by atoms with E-state index in [-0.39, 0.29) is 11.5 Å². The Hall–Kier alpha value is -1.84. The Bertz CT molecular complexity index is 815. The molecule has 0 heterocycles. The molecular weight excluding hydrogens is 348 g/mol. The van der Waals surface area contributed by atoms with Gasteiger partial charge in [-0.2, -0.15) is 0 Å². The van der Waals surface area contributed by atoms with Gasteiger partial charge >= 0.3 is 0 Å². The first-order valence-electron chi connectivity index (χ1n) is 10.6. The van der Waals surface area contributed by atoms with Gasteiger partial charge in [0, 0.05) is 6.61 Å². The highest BCUT2D eigenvalue weighted by atomic mass is 16.5. The minimum absolute atomic E-state index is 0.111. The van der Waals surface area contributed by atoms with E-state index in [4.69, 9.17) is 9.47 Å². The first-order chi connectivity index (χ1) is 13.6. The van der Waals surface area contributed by atoms with Crippen molar-refractivity contribution in [2.75, 3.05) is 13.7 Å². The average Bonchev–Trinajstić information content (AvgIpc) is 3.14. The number of aliphatic hydroxyl groups excluding tert-OH is 1. The van der Waals surface area contributed by atoms with Gasteiger partial charge in [0.05, 0.1) is 19.8 Å². The van der Waals surface area contributed by atoms with Crippen LogP contribution in [-0.2, 0) is 24.2 Å². The van der Waals surface area contributed by atoms with Crippen LogP contribution in [0.1, 0.15) is 60.8 Å². The quantitative estimate of drug-likeness (QED) is 0.763. The van der Waals surface area contributed by atoms with Crippen LogP contribution in [0.3, 0.4) is 0 Å². The fraction of sp³-hybridized carbons (Fsp3) is 0.520. The molecule has 2 aromatic carbocycles. The summed E-state index contributed by atoms with van der Waals surface area (Å²) < 4.78 is 11.5. The van der Waals surface area contributed by atoms with Crippen LogP contribution >= 0.6 is 0 Å². The molecule has 0 unspecified atom stereocenters. The van der Waals surface area contributed by atoms with Gasteiger partial charge in [0.25, 0.3) is 0 Å². The minimum Gasteiger partial charge on any atom is -0.497 e. The molecule has 0 aliphatic heterocycles. The van der Waals surface area contributed by atoms with Gasteiger partial charge in [0.1, 0.15) is 5.75 Å². The van der Waals surface area contributed by atoms with E-state index in [1.54, 1.807) is 7.11 Å². The SMILES string of the molecule is COc1cccc(CO[C@H]2CCc3cc([C@H]4CC[C@](C)(CO)C4)ccc3C2)c1. The molecule has 28 heavy (non-hydrogen) atoms. The van der Waals surface area contributed by atoms with Crippen LogP contribution < -0.4 is 4.74 Å². The summed E-state index contributed by atoms with van der Waals surface area (Å²) in [4.78, 5) is 0. The zero-order valence-corrected chi connectivity index (χ0v) is 17.1. The minimum atomic E-state index is 0.111. The summed E-state index contributed by atoms with van der Waals surface area (Å²) in [6.07, 6.45) is 6.89. The lowest BCUT2D eigenvalue weighted by atomic mass is 9.84. The van der Waals surface area contributed by atoms with E-state index < -0.39 is 0 Å². The molecule has 4 rings (SSSR count). The molecule has 3 atom stereocenters. The molecule has 3 heteroatoms. The summed E-state index contributed by atoms with van der Waals surface area (Å²) in [5.41, 5.74) is 5.67. The Morgan fingerprint density at radius 2 is 2.00 bits per heavy atom. The Morgan fingerprint density at radius 3 is 2.79 bits per heavy atom. The van der Waals surface area contributed by atoms with Gasteiger partial charge in [-0.3, -0.25) is 0 Å². The van der Waals surface area contributed by atoms with Gasteiger partial charge in [-0.15, -0.1) is 0 Å². The van der Waals surface area contributed by atoms with Crippen molar-refractivity contribution in [1.29, 1.82) is 0 Å². The van der Waals surface area contributed by atoms with Gasteiger partial charge in [-0.25, -0.2) is 0 Å². The highest BCUT2D eigenvalue weighted by molar-refractivity contribution is 5.36. The fourth-order valence-electron chi connectivity index (χ4n) is 4.86. The number of benzene rings is 2. The molecule has 2 aliphatic carbocycles. The van der Waals surface area contributed by atoms with Crippen LogP contribution in [0.2, 0.25) is 0 Å². The lowest BCUT2D eigenvalue weighted by molar-refractivity contribution is 0.0318. The number of methoxy groups -OCH3 is 1. The zero-order chi connectivity index (χ0) is 19.6. The summed E-state index contributed by atoms with van der Waals surface area (Å²) in [6, 6.07) is 15.2. The molecule has 2 aliphatic rings. The van der Waals surface area contributed by atoms with Crippen LogP contribution in [0, 0.1) is 5.41 Å². The molecule has 0 aromatic heterocycles. The van der Waals surface area contributed by atoms with Gasteiger partial charge in [0.15, 0.2) is 0 Å². The van der Waals surface area contributed by atoms with Gasteiger partial charge < -0.3 is 14.6 Å². The third-order valence-electron chi connectivity index (χ3n) is 6.72. The Kier molecular flexibility index (Phi) is 5.75. The predicted octanol–water partition coefficient (Wildman–Crippen LogP) is 5.04. The van der Waals surface area contributed by atoms with E-state index in [0.29, 0.717) is 19.1 Å². The van der Waals surface area contributed by atoms with Gasteiger partial charge in [-0.1, -0.05) is 37.3 Å². The second kappa shape index (κ2) is 8.26. The topological polar surface area (TPSA) is 38.7 Å². The second-order valence-corrected chi connectivity index (χ2v) is 8.96. The molecule has 3 nitrogen and oxygen atoms in total. The number of hydrogen-bond acceptors (Lipinski definition) is 3. The van der Waals surface area contributed by atoms with Crippen LogP contribution in [0.15, 0.2) is 42.5 Å². The van der Waals surface area contributed by atoms with Crippen LogP contribution in [0.25, 0.3) is 0 Å². The molecule has 1 fully saturated rings. The summed E-state index contributed by atoms with van der Waals surface area (Å²) in [6.45, 7) is 3.16. The van der Waals surface area contributed by atoms with Crippen molar-refractivity contribution in [3.05, 3.63) is 64.7 Å². The van der Waals surface area contributed by atoms with E-state index >= 15 is 0 Å². The lowest BCUT2D eigenvalue weighted by Gasteiger charge is -2.26. The molecular formula is C25H32O3. The normalized spacial score (nSPS) is 26.8. The Morgan fingerprint density at radius 1 is 1.11 bits per heavy atom. The molecule has 0 spiro atoms. The smallest absolute Gasteiger partial charge is 0.119 e. The summed E-state index contributed by atoms with van der Waals surface area (Å²) in [5, 5.41) is 9.65. The number of ether oxygens (including phenoxy) is 2. The van der Waals surface area contributed by atoms with Gasteiger partial charge in [-0.05, 0) is 84.2 Å². The zero-order valence-electron chi connectivity index (χ0n) is 17.1. The van der Waals surface area contributed by atoms with Crippen molar-refractivity contribution in [3.63, 3.8) is 0 Å². The van der Waals surface area contributed by atoms with Crippen LogP contribution in [-0.4, -0.2) is 24.9 Å². The van der Waals surface area contributed by atoms with Crippen LogP contribution in [0.5, 0.6) is 5.75 Å². The number of rotatable bonds is 6. The second-order valence-electron chi connectivity index (χ2n) is 8.96. The van der Waals surface area contributed by atoms with E-state index in [0.717, 1.165) is 43.4 Å². The van der Waals surface area contributed by atoms with E-state index in [9.17, 15) is 5.11 Å². The largest absolute Gasteiger partial charge is 0.497 e. The van der Waals surface area contributed by atoms with E-state index in [2.05, 4.69) is 31.2 Å². The highest BCUT2D eigenvalue weighted by Gasteiger charge is 2.35. The molecule has 0 radical (unpaired) electrons. The molecule has 0 saturated heterocycles. The van der Waals surface area contributed by atoms with Crippen molar-refractivity contribution in [3.8, 4) is 5.75 Å². The number of hydrogen-bond donors (Lipinski definition) is 1. The molecule has 1 saturated carbocycles. The summed E-state index contributed by atoms with van der Waals surface area (Å²) >= 11 is 0. The maximum atomic E-state index is 9.65. The Labute approximate surface area is 168 Å². The number of fused-ring (bicyclic) bond motifs is 1. The number of aryl methyl sites for hydroxylation is 1. The van der Waals surface area contributed by atoms with Crippen molar-refractivity contribution in [2.45, 2.75) is 64.1 Å². The van der Waals surface area contributed by atoms with Crippen LogP contribution in [0.4, 0.5) is 0 Å². The van der Waals surface area contributed by atoms with Crippen molar-refractivity contribution in [2.24, 2.45) is 5.41 Å². The predicted molar refractivity (Wildman–Crippen MR) is 112 cm³/mol. The molecule has 2 aromatic rings. The maximum absolute atomic E-state index is 9.65. The molecule has 0 bridgehead atoms. The maximum Gasteiger partial charge on any atom is 0.119 e. The highest BCUT2D eigenvalue weighted by Crippen LogP contribution is 2.46. The summed E-state index contributed by atoms with van der Waals surface area (Å²) in [7, 11) is 1.70. The third kappa shape index (κ3) is 4.26. The first-order valence-corrected chi connectivity index (χ1v) is 10.6. The number of aliphatic hydroxyl groups is 1. The van der Waals surface area contributed by atoms with Crippen molar-refractivity contribution in [1.82, 2.24) is 0 Å². The fourth-order valence-corrected chi connectivity index (χ4v) is 4.86. The lowest BCUT2D eigenvalue weighted by Crippen LogP contribution is -2.22.